The molecule has 0 amide bonds. The van der Waals surface area contributed by atoms with Crippen molar-refractivity contribution in [2.24, 2.45) is 0 Å². The monoisotopic (exact) mass is 301 g/mol. The number of hydrogen-bond acceptors (Lipinski definition) is 5. The van der Waals surface area contributed by atoms with Crippen molar-refractivity contribution in [2.75, 3.05) is 20.2 Å². The van der Waals surface area contributed by atoms with Gasteiger partial charge >= 0.3 is 5.97 Å². The molecule has 20 heavy (non-hydrogen) atoms. The Kier molecular flexibility index (Phi) is 3.98. The van der Waals surface area contributed by atoms with Crippen LogP contribution >= 0.6 is 0 Å². The fraction of sp³-hybridized carbons (Fsp3) is 0.417. The lowest BCUT2D eigenvalue weighted by Crippen LogP contribution is -2.30. The predicted molar refractivity (Wildman–Crippen MR) is 69.3 cm³/mol. The summed E-state index contributed by atoms with van der Waals surface area (Å²) in [6.07, 6.45) is -0.335. The zero-order chi connectivity index (χ0) is 14.9. The normalized spacial score (nSPS) is 20.0. The molecule has 1 fully saturated rings. The quantitative estimate of drug-likeness (QED) is 0.820. The first-order valence-electron chi connectivity index (χ1n) is 5.96. The van der Waals surface area contributed by atoms with Crippen LogP contribution in [0.1, 0.15) is 16.8 Å². The van der Waals surface area contributed by atoms with Crippen molar-refractivity contribution in [1.29, 1.82) is 0 Å². The Morgan fingerprint density at radius 2 is 2.15 bits per heavy atom. The lowest BCUT2D eigenvalue weighted by Gasteiger charge is -2.18. The lowest BCUT2D eigenvalue weighted by atomic mass is 10.2. The van der Waals surface area contributed by atoms with Crippen LogP contribution < -0.4 is 4.74 Å². The van der Waals surface area contributed by atoms with Gasteiger partial charge in [0.05, 0.1) is 18.8 Å². The molecule has 1 atom stereocenters. The van der Waals surface area contributed by atoms with E-state index in [2.05, 4.69) is 0 Å². The van der Waals surface area contributed by atoms with Crippen LogP contribution in [0.15, 0.2) is 23.1 Å². The molecule has 0 spiro atoms. The summed E-state index contributed by atoms with van der Waals surface area (Å²) in [6.45, 7) is 0.201. The number of aromatic carboxylic acids is 1. The van der Waals surface area contributed by atoms with Crippen LogP contribution in [0.4, 0.5) is 0 Å². The van der Waals surface area contributed by atoms with Gasteiger partial charge in [-0.3, -0.25) is 0 Å². The third-order valence-corrected chi connectivity index (χ3v) is 5.04. The second kappa shape index (κ2) is 5.39. The number of aliphatic hydroxyl groups is 1. The fourth-order valence-electron chi connectivity index (χ4n) is 2.08. The standard InChI is InChI=1S/C12H15NO6S/c1-19-10-3-2-8(12(15)16)6-11(10)20(17,18)13-5-4-9(14)7-13/h2-3,6,9,14H,4-5,7H2,1H3,(H,15,16)/t9-/m0/s1. The number of benzene rings is 1. The maximum Gasteiger partial charge on any atom is 0.335 e. The summed E-state index contributed by atoms with van der Waals surface area (Å²) in [6, 6.07) is 3.66. The zero-order valence-corrected chi connectivity index (χ0v) is 11.6. The first-order chi connectivity index (χ1) is 9.36. The minimum Gasteiger partial charge on any atom is -0.495 e. The van der Waals surface area contributed by atoms with E-state index >= 15 is 0 Å². The highest BCUT2D eigenvalue weighted by molar-refractivity contribution is 7.89. The number of methoxy groups -OCH3 is 1. The summed E-state index contributed by atoms with van der Waals surface area (Å²) in [5, 5.41) is 18.4. The molecule has 1 aliphatic rings. The molecule has 0 aromatic heterocycles. The maximum absolute atomic E-state index is 12.5. The van der Waals surface area contributed by atoms with Gasteiger partial charge in [-0.15, -0.1) is 0 Å². The number of carboxylic acids is 1. The molecule has 2 N–H and O–H groups in total. The number of β-amino-alcohol motifs (C(OH)–C–C–N with tert-alkyl or cyclic N) is 1. The van der Waals surface area contributed by atoms with E-state index in [9.17, 15) is 18.3 Å². The minimum atomic E-state index is -3.89. The van der Waals surface area contributed by atoms with Crippen LogP contribution in [0.25, 0.3) is 0 Å². The molecule has 1 aliphatic heterocycles. The molecule has 1 aromatic rings. The Morgan fingerprint density at radius 1 is 1.45 bits per heavy atom. The van der Waals surface area contributed by atoms with Gasteiger partial charge in [-0.25, -0.2) is 13.2 Å². The molecule has 7 nitrogen and oxygen atoms in total. The van der Waals surface area contributed by atoms with Crippen molar-refractivity contribution in [3.63, 3.8) is 0 Å². The number of nitrogens with zero attached hydrogens (tertiary/aromatic N) is 1. The van der Waals surface area contributed by atoms with Gasteiger partial charge in [-0.05, 0) is 24.6 Å². The van der Waals surface area contributed by atoms with Crippen molar-refractivity contribution >= 4 is 16.0 Å². The van der Waals surface area contributed by atoms with Gasteiger partial charge in [0.25, 0.3) is 0 Å². The molecule has 0 aliphatic carbocycles. The SMILES string of the molecule is COc1ccc(C(=O)O)cc1S(=O)(=O)N1CC[C@H](O)C1. The average molecular weight is 301 g/mol. The highest BCUT2D eigenvalue weighted by atomic mass is 32.2. The Hall–Kier alpha value is -1.64. The van der Waals surface area contributed by atoms with Gasteiger partial charge < -0.3 is 14.9 Å². The highest BCUT2D eigenvalue weighted by Gasteiger charge is 2.34. The van der Waals surface area contributed by atoms with E-state index in [1.54, 1.807) is 0 Å². The first-order valence-corrected chi connectivity index (χ1v) is 7.40. The van der Waals surface area contributed by atoms with Crippen LogP contribution in [0, 0.1) is 0 Å². The molecule has 2 rings (SSSR count). The van der Waals surface area contributed by atoms with Gasteiger partial charge in [0.1, 0.15) is 10.6 Å². The second-order valence-corrected chi connectivity index (χ2v) is 6.38. The average Bonchev–Trinajstić information content (AvgIpc) is 2.85. The Labute approximate surface area is 116 Å². The third-order valence-electron chi connectivity index (χ3n) is 3.15. The summed E-state index contributed by atoms with van der Waals surface area (Å²) >= 11 is 0. The molecule has 8 heteroatoms. The zero-order valence-electron chi connectivity index (χ0n) is 10.8. The molecule has 0 saturated carbocycles. The van der Waals surface area contributed by atoms with E-state index in [1.807, 2.05) is 0 Å². The molecule has 0 unspecified atom stereocenters. The van der Waals surface area contributed by atoms with Crippen molar-refractivity contribution in [2.45, 2.75) is 17.4 Å². The van der Waals surface area contributed by atoms with E-state index < -0.39 is 22.1 Å². The van der Waals surface area contributed by atoms with Crippen molar-refractivity contribution < 1.29 is 28.2 Å². The Balaban J connectivity index is 2.49. The smallest absolute Gasteiger partial charge is 0.335 e. The summed E-state index contributed by atoms with van der Waals surface area (Å²) in [4.78, 5) is 10.8. The number of aliphatic hydroxyl groups excluding tert-OH is 1. The molecule has 1 heterocycles. The van der Waals surface area contributed by atoms with Gasteiger partial charge in [-0.1, -0.05) is 0 Å². The Morgan fingerprint density at radius 3 is 2.65 bits per heavy atom. The molecule has 1 saturated heterocycles. The number of sulfonamides is 1. The number of ether oxygens (including phenoxy) is 1. The second-order valence-electron chi connectivity index (χ2n) is 4.48. The minimum absolute atomic E-state index is 0.00276. The fourth-order valence-corrected chi connectivity index (χ4v) is 3.75. The van der Waals surface area contributed by atoms with Crippen molar-refractivity contribution in [3.05, 3.63) is 23.8 Å². The number of carboxylic acid groups (broad SMARTS) is 1. The van der Waals surface area contributed by atoms with E-state index in [0.29, 0.717) is 6.42 Å². The summed E-state index contributed by atoms with van der Waals surface area (Å²) in [5.41, 5.74) is -0.135. The molecule has 1 aromatic carbocycles. The van der Waals surface area contributed by atoms with Crippen LogP contribution in [0.2, 0.25) is 0 Å². The molecular weight excluding hydrogens is 286 g/mol. The van der Waals surface area contributed by atoms with E-state index in [4.69, 9.17) is 9.84 Å². The highest BCUT2D eigenvalue weighted by Crippen LogP contribution is 2.29. The van der Waals surface area contributed by atoms with E-state index in [-0.39, 0.29) is 29.3 Å². The van der Waals surface area contributed by atoms with Gasteiger partial charge in [0.2, 0.25) is 10.0 Å². The summed E-state index contributed by atoms with van der Waals surface area (Å²) in [5.74, 6) is -1.14. The summed E-state index contributed by atoms with van der Waals surface area (Å²) in [7, 11) is -2.57. The molecule has 110 valence electrons. The largest absolute Gasteiger partial charge is 0.495 e. The first kappa shape index (κ1) is 14.8. The van der Waals surface area contributed by atoms with Crippen molar-refractivity contribution in [1.82, 2.24) is 4.31 Å². The van der Waals surface area contributed by atoms with Gasteiger partial charge in [0.15, 0.2) is 0 Å². The maximum atomic E-state index is 12.5. The molecule has 0 radical (unpaired) electrons. The van der Waals surface area contributed by atoms with E-state index in [1.165, 1.54) is 19.2 Å². The van der Waals surface area contributed by atoms with Gasteiger partial charge in [-0.2, -0.15) is 4.31 Å². The topological polar surface area (TPSA) is 104 Å². The number of carbonyl (C=O) groups is 1. The molecular formula is C12H15NO6S. The lowest BCUT2D eigenvalue weighted by molar-refractivity contribution is 0.0696. The van der Waals surface area contributed by atoms with Crippen LogP contribution in [0.3, 0.4) is 0 Å². The number of rotatable bonds is 4. The van der Waals surface area contributed by atoms with Crippen LogP contribution in [-0.2, 0) is 10.0 Å². The third kappa shape index (κ3) is 2.62. The van der Waals surface area contributed by atoms with Crippen LogP contribution in [0.5, 0.6) is 5.75 Å². The molecule has 0 bridgehead atoms. The van der Waals surface area contributed by atoms with Gasteiger partial charge in [0, 0.05) is 13.1 Å². The summed E-state index contributed by atoms with van der Waals surface area (Å²) < 4.78 is 31.1. The van der Waals surface area contributed by atoms with Crippen molar-refractivity contribution in [3.8, 4) is 5.75 Å². The van der Waals surface area contributed by atoms with E-state index in [0.717, 1.165) is 10.4 Å². The number of hydrogen-bond donors (Lipinski definition) is 2. The van der Waals surface area contributed by atoms with Crippen LogP contribution in [-0.4, -0.2) is 55.2 Å². The predicted octanol–water partition coefficient (Wildman–Crippen LogP) is 0.149. The Bertz CT molecular complexity index is 627.